The zero-order valence-electron chi connectivity index (χ0n) is 15.2. The molecular weight excluding hydrogens is 358 g/mol. The number of hydrogen-bond donors (Lipinski definition) is 1. The van der Waals surface area contributed by atoms with Crippen molar-refractivity contribution in [3.63, 3.8) is 0 Å². The van der Waals surface area contributed by atoms with Crippen molar-refractivity contribution >= 4 is 16.9 Å². The van der Waals surface area contributed by atoms with Crippen molar-refractivity contribution in [3.8, 4) is 0 Å². The van der Waals surface area contributed by atoms with Crippen LogP contribution >= 0.6 is 0 Å². The summed E-state index contributed by atoms with van der Waals surface area (Å²) >= 11 is 0. The summed E-state index contributed by atoms with van der Waals surface area (Å²) in [5.74, 6) is -3.28. The predicted molar refractivity (Wildman–Crippen MR) is 104 cm³/mol. The van der Waals surface area contributed by atoms with Crippen LogP contribution in [0.2, 0.25) is 0 Å². The highest BCUT2D eigenvalue weighted by atomic mass is 19.2. The molecule has 1 aliphatic rings. The van der Waals surface area contributed by atoms with Crippen molar-refractivity contribution in [2.45, 2.75) is 12.5 Å². The number of Topliss-reactive ketones (excluding diaryl/α,β-unsaturated/α-hetero) is 1. The number of hydrogen-bond acceptors (Lipinski definition) is 2. The zero-order valence-corrected chi connectivity index (χ0v) is 15.2. The van der Waals surface area contributed by atoms with Gasteiger partial charge in [0.1, 0.15) is 5.60 Å². The fraction of sp³-hybridized carbons (Fsp3) is 0.125. The highest BCUT2D eigenvalue weighted by molar-refractivity contribution is 6.33. The second-order valence-electron chi connectivity index (χ2n) is 6.94. The molecule has 140 valence electrons. The van der Waals surface area contributed by atoms with Crippen LogP contribution in [0, 0.1) is 17.6 Å². The Hall–Kier alpha value is -3.11. The number of ketones is 1. The zero-order chi connectivity index (χ0) is 19.9. The standard InChI is InChI=1S/C24H18F2O2/c1-15-23(27)20(16-9-4-2-5-10-16)21(18-13-8-14-19(25)22(18)26)24(15,28)17-11-6-3-7-12-17/h2-15,28H,1H3. The van der Waals surface area contributed by atoms with Gasteiger partial charge in [-0.15, -0.1) is 0 Å². The van der Waals surface area contributed by atoms with Crippen LogP contribution in [-0.2, 0) is 10.4 Å². The number of aliphatic hydroxyl groups is 1. The summed E-state index contributed by atoms with van der Waals surface area (Å²) < 4.78 is 28.9. The molecule has 1 aliphatic carbocycles. The van der Waals surface area contributed by atoms with Crippen LogP contribution in [0.5, 0.6) is 0 Å². The molecular formula is C24H18F2O2. The van der Waals surface area contributed by atoms with Crippen LogP contribution in [0.25, 0.3) is 11.1 Å². The Labute approximate surface area is 161 Å². The number of rotatable bonds is 3. The predicted octanol–water partition coefficient (Wildman–Crippen LogP) is 4.98. The lowest BCUT2D eigenvalue weighted by Gasteiger charge is -2.31. The van der Waals surface area contributed by atoms with Gasteiger partial charge in [0.25, 0.3) is 0 Å². The Morgan fingerprint density at radius 2 is 1.46 bits per heavy atom. The lowest BCUT2D eigenvalue weighted by Crippen LogP contribution is -2.34. The van der Waals surface area contributed by atoms with E-state index in [9.17, 15) is 18.7 Å². The molecule has 2 nitrogen and oxygen atoms in total. The molecule has 1 N–H and O–H groups in total. The minimum atomic E-state index is -1.78. The second kappa shape index (κ2) is 6.80. The van der Waals surface area contributed by atoms with Crippen LogP contribution in [-0.4, -0.2) is 10.9 Å². The minimum absolute atomic E-state index is 0.0967. The van der Waals surface area contributed by atoms with Gasteiger partial charge in [-0.05, 0) is 17.2 Å². The first-order valence-electron chi connectivity index (χ1n) is 9.03. The van der Waals surface area contributed by atoms with Gasteiger partial charge in [-0.3, -0.25) is 4.79 Å². The van der Waals surface area contributed by atoms with Crippen molar-refractivity contribution in [2.75, 3.05) is 0 Å². The maximum absolute atomic E-state index is 14.8. The van der Waals surface area contributed by atoms with Crippen LogP contribution in [0.4, 0.5) is 8.78 Å². The summed E-state index contributed by atoms with van der Waals surface area (Å²) in [7, 11) is 0. The molecule has 0 spiro atoms. The third-order valence-electron chi connectivity index (χ3n) is 5.39. The van der Waals surface area contributed by atoms with Gasteiger partial charge < -0.3 is 5.11 Å². The Kier molecular flexibility index (Phi) is 4.44. The van der Waals surface area contributed by atoms with Gasteiger partial charge in [0.15, 0.2) is 17.4 Å². The van der Waals surface area contributed by atoms with Crippen LogP contribution in [0.15, 0.2) is 78.9 Å². The fourth-order valence-corrected chi connectivity index (χ4v) is 3.95. The molecule has 0 saturated heterocycles. The van der Waals surface area contributed by atoms with E-state index in [-0.39, 0.29) is 22.5 Å². The quantitative estimate of drug-likeness (QED) is 0.700. The van der Waals surface area contributed by atoms with Crippen LogP contribution in [0.1, 0.15) is 23.6 Å². The van der Waals surface area contributed by atoms with Gasteiger partial charge in [0.05, 0.1) is 5.92 Å². The van der Waals surface area contributed by atoms with E-state index < -0.39 is 23.2 Å². The molecule has 0 fully saturated rings. The van der Waals surface area contributed by atoms with Gasteiger partial charge in [0, 0.05) is 16.7 Å². The van der Waals surface area contributed by atoms with Crippen molar-refractivity contribution in [2.24, 2.45) is 5.92 Å². The molecule has 2 unspecified atom stereocenters. The molecule has 0 aliphatic heterocycles. The Balaban J connectivity index is 2.11. The van der Waals surface area contributed by atoms with Crippen LogP contribution < -0.4 is 0 Å². The summed E-state index contributed by atoms with van der Waals surface area (Å²) in [6.07, 6.45) is 0. The summed E-state index contributed by atoms with van der Waals surface area (Å²) in [5, 5.41) is 11.8. The lowest BCUT2D eigenvalue weighted by atomic mass is 9.78. The van der Waals surface area contributed by atoms with Gasteiger partial charge in [0.2, 0.25) is 0 Å². The van der Waals surface area contributed by atoms with E-state index in [4.69, 9.17) is 0 Å². The number of allylic oxidation sites excluding steroid dienone is 1. The molecule has 0 saturated carbocycles. The summed E-state index contributed by atoms with van der Waals surface area (Å²) in [5.41, 5.74) is -0.561. The van der Waals surface area contributed by atoms with Crippen molar-refractivity contribution in [1.29, 1.82) is 0 Å². The highest BCUT2D eigenvalue weighted by Crippen LogP contribution is 2.53. The molecule has 28 heavy (non-hydrogen) atoms. The maximum atomic E-state index is 14.8. The van der Waals surface area contributed by atoms with E-state index >= 15 is 0 Å². The molecule has 0 radical (unpaired) electrons. The fourth-order valence-electron chi connectivity index (χ4n) is 3.95. The van der Waals surface area contributed by atoms with Crippen molar-refractivity contribution in [1.82, 2.24) is 0 Å². The third kappa shape index (κ3) is 2.60. The first kappa shape index (κ1) is 18.3. The van der Waals surface area contributed by atoms with Crippen molar-refractivity contribution in [3.05, 3.63) is 107 Å². The maximum Gasteiger partial charge on any atom is 0.170 e. The molecule has 4 rings (SSSR count). The summed E-state index contributed by atoms with van der Waals surface area (Å²) in [4.78, 5) is 13.2. The molecule has 0 amide bonds. The molecule has 2 atom stereocenters. The topological polar surface area (TPSA) is 37.3 Å². The molecule has 0 heterocycles. The first-order valence-corrected chi connectivity index (χ1v) is 9.03. The number of halogens is 2. The van der Waals surface area contributed by atoms with Gasteiger partial charge in [-0.2, -0.15) is 0 Å². The van der Waals surface area contributed by atoms with E-state index in [1.54, 1.807) is 67.6 Å². The van der Waals surface area contributed by atoms with E-state index in [1.807, 2.05) is 0 Å². The molecule has 0 aromatic heterocycles. The van der Waals surface area contributed by atoms with Gasteiger partial charge in [-0.1, -0.05) is 79.7 Å². The largest absolute Gasteiger partial charge is 0.380 e. The SMILES string of the molecule is CC1C(=O)C(c2ccccc2)=C(c2cccc(F)c2F)C1(O)c1ccccc1. The molecule has 3 aromatic carbocycles. The Morgan fingerprint density at radius 1 is 0.857 bits per heavy atom. The monoisotopic (exact) mass is 376 g/mol. The smallest absolute Gasteiger partial charge is 0.170 e. The highest BCUT2D eigenvalue weighted by Gasteiger charge is 2.52. The summed E-state index contributed by atoms with van der Waals surface area (Å²) in [6, 6.07) is 21.2. The molecule has 0 bridgehead atoms. The molecule has 3 aromatic rings. The van der Waals surface area contributed by atoms with E-state index in [2.05, 4.69) is 0 Å². The number of carbonyl (C=O) groups is 1. The van der Waals surface area contributed by atoms with Crippen molar-refractivity contribution < 1.29 is 18.7 Å². The number of benzene rings is 3. The lowest BCUT2D eigenvalue weighted by molar-refractivity contribution is -0.121. The second-order valence-corrected chi connectivity index (χ2v) is 6.94. The van der Waals surface area contributed by atoms with Crippen LogP contribution in [0.3, 0.4) is 0 Å². The normalized spacial score (nSPS) is 22.0. The first-order chi connectivity index (χ1) is 13.5. The Morgan fingerprint density at radius 3 is 2.11 bits per heavy atom. The van der Waals surface area contributed by atoms with Gasteiger partial charge in [-0.25, -0.2) is 8.78 Å². The minimum Gasteiger partial charge on any atom is -0.380 e. The Bertz CT molecular complexity index is 1070. The van der Waals surface area contributed by atoms with E-state index in [1.165, 1.54) is 12.1 Å². The van der Waals surface area contributed by atoms with E-state index in [0.29, 0.717) is 11.1 Å². The average Bonchev–Trinajstić information content (AvgIpc) is 2.93. The molecule has 4 heteroatoms. The number of carbonyl (C=O) groups excluding carboxylic acids is 1. The van der Waals surface area contributed by atoms with Gasteiger partial charge >= 0.3 is 0 Å². The van der Waals surface area contributed by atoms with E-state index in [0.717, 1.165) is 6.07 Å². The third-order valence-corrected chi connectivity index (χ3v) is 5.39. The summed E-state index contributed by atoms with van der Waals surface area (Å²) in [6.45, 7) is 1.61. The average molecular weight is 376 g/mol.